The summed E-state index contributed by atoms with van der Waals surface area (Å²) in [5, 5.41) is 0. The van der Waals surface area contributed by atoms with E-state index in [2.05, 4.69) is 20.8 Å². The lowest BCUT2D eigenvalue weighted by atomic mass is 10.1. The van der Waals surface area contributed by atoms with E-state index in [-0.39, 0.29) is 30.5 Å². The molecule has 2 N–H and O–H groups in total. The quantitative estimate of drug-likeness (QED) is 0.783. The average Bonchev–Trinajstić information content (AvgIpc) is 2.76. The van der Waals surface area contributed by atoms with Crippen molar-refractivity contribution in [2.45, 2.75) is 58.6 Å². The Balaban J connectivity index is 0.00000324. The van der Waals surface area contributed by atoms with Crippen LogP contribution in [-0.4, -0.2) is 42.6 Å². The molecule has 0 saturated carbocycles. The monoisotopic (exact) mass is 292 g/mol. The molecule has 19 heavy (non-hydrogen) atoms. The fourth-order valence-electron chi connectivity index (χ4n) is 2.20. The number of carbonyl (C=O) groups is 1. The number of carbonyl (C=O) groups excluding carboxylic acids is 1. The van der Waals surface area contributed by atoms with Crippen molar-refractivity contribution >= 4 is 18.3 Å². The lowest BCUT2D eigenvalue weighted by Gasteiger charge is -2.20. The normalized spacial score (nSPS) is 20.5. The minimum atomic E-state index is -0.329. The Kier molecular flexibility index (Phi) is 9.40. The Bertz CT molecular complexity index is 262. The van der Waals surface area contributed by atoms with Crippen LogP contribution in [0.3, 0.4) is 0 Å². The molecule has 2 unspecified atom stereocenters. The Labute approximate surface area is 123 Å². The summed E-state index contributed by atoms with van der Waals surface area (Å²) >= 11 is 0. The number of likely N-dealkylation sites (tertiary alicyclic amines) is 1. The third-order valence-electron chi connectivity index (χ3n) is 3.42. The summed E-state index contributed by atoms with van der Waals surface area (Å²) in [6, 6.07) is -0.329. The van der Waals surface area contributed by atoms with Crippen LogP contribution in [0.2, 0.25) is 0 Å². The zero-order valence-electron chi connectivity index (χ0n) is 12.4. The highest BCUT2D eigenvalue weighted by molar-refractivity contribution is 5.85. The number of halogens is 1. The molecule has 2 atom stereocenters. The largest absolute Gasteiger partial charge is 0.376 e. The molecule has 0 bridgehead atoms. The zero-order valence-corrected chi connectivity index (χ0v) is 13.2. The van der Waals surface area contributed by atoms with E-state index in [4.69, 9.17) is 10.5 Å². The first-order chi connectivity index (χ1) is 8.54. The van der Waals surface area contributed by atoms with Gasteiger partial charge in [0.15, 0.2) is 0 Å². The Morgan fingerprint density at radius 2 is 2.11 bits per heavy atom. The van der Waals surface area contributed by atoms with Gasteiger partial charge >= 0.3 is 0 Å². The van der Waals surface area contributed by atoms with Gasteiger partial charge in [-0.1, -0.05) is 27.2 Å². The molecule has 0 aromatic carbocycles. The summed E-state index contributed by atoms with van der Waals surface area (Å²) in [6.45, 7) is 8.74. The lowest BCUT2D eigenvalue weighted by molar-refractivity contribution is -0.132. The molecule has 0 radical (unpaired) electrons. The van der Waals surface area contributed by atoms with Crippen molar-refractivity contribution in [2.24, 2.45) is 11.7 Å². The van der Waals surface area contributed by atoms with E-state index in [9.17, 15) is 4.79 Å². The summed E-state index contributed by atoms with van der Waals surface area (Å²) in [7, 11) is 0. The van der Waals surface area contributed by atoms with Gasteiger partial charge in [0.2, 0.25) is 5.91 Å². The van der Waals surface area contributed by atoms with Crippen LogP contribution in [0, 0.1) is 5.92 Å². The maximum absolute atomic E-state index is 12.0. The van der Waals surface area contributed by atoms with Crippen molar-refractivity contribution in [1.82, 2.24) is 4.90 Å². The van der Waals surface area contributed by atoms with E-state index in [1.54, 1.807) is 0 Å². The molecular weight excluding hydrogens is 264 g/mol. The second kappa shape index (κ2) is 9.56. The van der Waals surface area contributed by atoms with Crippen molar-refractivity contribution in [3.63, 3.8) is 0 Å². The third-order valence-corrected chi connectivity index (χ3v) is 3.42. The first-order valence-corrected chi connectivity index (χ1v) is 7.20. The van der Waals surface area contributed by atoms with E-state index in [0.29, 0.717) is 12.5 Å². The topological polar surface area (TPSA) is 55.6 Å². The van der Waals surface area contributed by atoms with Gasteiger partial charge in [0.05, 0.1) is 12.1 Å². The summed E-state index contributed by atoms with van der Waals surface area (Å²) in [4.78, 5) is 13.9. The highest BCUT2D eigenvalue weighted by Crippen LogP contribution is 2.15. The van der Waals surface area contributed by atoms with Crippen molar-refractivity contribution in [3.8, 4) is 0 Å². The van der Waals surface area contributed by atoms with Gasteiger partial charge in [0.25, 0.3) is 0 Å². The second-order valence-corrected chi connectivity index (χ2v) is 5.64. The van der Waals surface area contributed by atoms with E-state index < -0.39 is 0 Å². The number of nitrogens with two attached hydrogens (primary N) is 1. The van der Waals surface area contributed by atoms with Crippen molar-refractivity contribution in [3.05, 3.63) is 0 Å². The van der Waals surface area contributed by atoms with E-state index >= 15 is 0 Å². The molecule has 1 fully saturated rings. The summed E-state index contributed by atoms with van der Waals surface area (Å²) in [6.07, 6.45) is 3.97. The Hall–Kier alpha value is -0.320. The molecule has 1 heterocycles. The molecule has 0 spiro atoms. The number of hydrogen-bond acceptors (Lipinski definition) is 3. The maximum atomic E-state index is 12.0. The smallest absolute Gasteiger partial charge is 0.239 e. The Morgan fingerprint density at radius 1 is 1.42 bits per heavy atom. The van der Waals surface area contributed by atoms with Crippen LogP contribution < -0.4 is 5.73 Å². The fourth-order valence-corrected chi connectivity index (χ4v) is 2.20. The van der Waals surface area contributed by atoms with Crippen LogP contribution >= 0.6 is 12.4 Å². The first kappa shape index (κ1) is 18.7. The second-order valence-electron chi connectivity index (χ2n) is 5.64. The number of hydrogen-bond donors (Lipinski definition) is 1. The van der Waals surface area contributed by atoms with Gasteiger partial charge in [-0.25, -0.2) is 0 Å². The number of ether oxygens (including phenoxy) is 1. The lowest BCUT2D eigenvalue weighted by Crippen LogP contribution is -2.43. The maximum Gasteiger partial charge on any atom is 0.239 e. The van der Waals surface area contributed by atoms with Crippen LogP contribution in [0.5, 0.6) is 0 Å². The molecule has 5 heteroatoms. The van der Waals surface area contributed by atoms with E-state index in [1.165, 1.54) is 0 Å². The minimum absolute atomic E-state index is 0. The standard InChI is InChI=1S/C14H28N2O2.ClH/c1-4-5-13(15)14(17)16-8-6-12(10-16)18-9-7-11(2)3;/h11-13H,4-10,15H2,1-3H3;1H. The zero-order chi connectivity index (χ0) is 13.5. The Morgan fingerprint density at radius 3 is 2.68 bits per heavy atom. The highest BCUT2D eigenvalue weighted by Gasteiger charge is 2.29. The fraction of sp³-hybridized carbons (Fsp3) is 0.929. The van der Waals surface area contributed by atoms with Gasteiger partial charge < -0.3 is 15.4 Å². The van der Waals surface area contributed by atoms with Gasteiger partial charge in [-0.05, 0) is 25.2 Å². The van der Waals surface area contributed by atoms with Gasteiger partial charge in [0, 0.05) is 19.7 Å². The van der Waals surface area contributed by atoms with Gasteiger partial charge in [-0.3, -0.25) is 4.79 Å². The number of rotatable bonds is 7. The van der Waals surface area contributed by atoms with E-state index in [1.807, 2.05) is 4.90 Å². The molecule has 1 rings (SSSR count). The van der Waals surface area contributed by atoms with Crippen LogP contribution in [0.4, 0.5) is 0 Å². The predicted molar refractivity (Wildman–Crippen MR) is 80.5 cm³/mol. The summed E-state index contributed by atoms with van der Waals surface area (Å²) in [5.74, 6) is 0.758. The molecule has 0 aromatic rings. The molecule has 4 nitrogen and oxygen atoms in total. The van der Waals surface area contributed by atoms with Crippen LogP contribution in [0.15, 0.2) is 0 Å². The molecule has 1 aliphatic rings. The SMILES string of the molecule is CCCC(N)C(=O)N1CCC(OCCC(C)C)C1.Cl. The average molecular weight is 293 g/mol. The van der Waals surface area contributed by atoms with Gasteiger partial charge in [-0.2, -0.15) is 0 Å². The summed E-state index contributed by atoms with van der Waals surface area (Å²) in [5.41, 5.74) is 5.86. The molecule has 1 saturated heterocycles. The molecule has 0 aromatic heterocycles. The molecule has 1 aliphatic heterocycles. The molecule has 0 aliphatic carbocycles. The predicted octanol–water partition coefficient (Wildman–Crippen LogP) is 2.20. The van der Waals surface area contributed by atoms with Crippen molar-refractivity contribution < 1.29 is 9.53 Å². The van der Waals surface area contributed by atoms with Gasteiger partial charge in [0.1, 0.15) is 0 Å². The molecular formula is C14H29ClN2O2. The third kappa shape index (κ3) is 6.59. The van der Waals surface area contributed by atoms with Crippen LogP contribution in [-0.2, 0) is 9.53 Å². The first-order valence-electron chi connectivity index (χ1n) is 7.20. The number of amides is 1. The molecule has 1 amide bonds. The van der Waals surface area contributed by atoms with Crippen molar-refractivity contribution in [2.75, 3.05) is 19.7 Å². The van der Waals surface area contributed by atoms with Crippen LogP contribution in [0.25, 0.3) is 0 Å². The highest BCUT2D eigenvalue weighted by atomic mass is 35.5. The van der Waals surface area contributed by atoms with E-state index in [0.717, 1.165) is 38.8 Å². The van der Waals surface area contributed by atoms with Crippen molar-refractivity contribution in [1.29, 1.82) is 0 Å². The number of nitrogens with zero attached hydrogens (tertiary/aromatic N) is 1. The van der Waals surface area contributed by atoms with Gasteiger partial charge in [-0.15, -0.1) is 12.4 Å². The minimum Gasteiger partial charge on any atom is -0.376 e. The molecule has 114 valence electrons. The summed E-state index contributed by atoms with van der Waals surface area (Å²) < 4.78 is 5.80. The van der Waals surface area contributed by atoms with Crippen LogP contribution in [0.1, 0.15) is 46.5 Å².